The van der Waals surface area contributed by atoms with Crippen molar-refractivity contribution in [3.63, 3.8) is 0 Å². The summed E-state index contributed by atoms with van der Waals surface area (Å²) in [4.78, 5) is 10.7. The quantitative estimate of drug-likeness (QED) is 0.807. The SMILES string of the molecule is O=C(O)CC1(CS(=O)C2CCCCC2)CC1. The van der Waals surface area contributed by atoms with Crippen LogP contribution in [0.2, 0.25) is 0 Å². The van der Waals surface area contributed by atoms with Gasteiger partial charge in [-0.3, -0.25) is 9.00 Å². The summed E-state index contributed by atoms with van der Waals surface area (Å²) in [5, 5.41) is 9.16. The lowest BCUT2D eigenvalue weighted by Crippen LogP contribution is -2.26. The Balaban J connectivity index is 1.84. The summed E-state index contributed by atoms with van der Waals surface area (Å²) in [7, 11) is -0.793. The zero-order valence-electron chi connectivity index (χ0n) is 9.61. The van der Waals surface area contributed by atoms with Crippen molar-refractivity contribution in [3.05, 3.63) is 0 Å². The Hall–Kier alpha value is -0.380. The van der Waals surface area contributed by atoms with Gasteiger partial charge in [-0.15, -0.1) is 0 Å². The van der Waals surface area contributed by atoms with Gasteiger partial charge in [-0.25, -0.2) is 0 Å². The van der Waals surface area contributed by atoms with Crippen LogP contribution in [0, 0.1) is 5.41 Å². The molecule has 0 amide bonds. The van der Waals surface area contributed by atoms with E-state index in [1.807, 2.05) is 0 Å². The van der Waals surface area contributed by atoms with Gasteiger partial charge >= 0.3 is 5.97 Å². The molecule has 2 aliphatic rings. The monoisotopic (exact) mass is 244 g/mol. The van der Waals surface area contributed by atoms with Crippen molar-refractivity contribution in [2.24, 2.45) is 5.41 Å². The molecule has 3 nitrogen and oxygen atoms in total. The van der Waals surface area contributed by atoms with E-state index in [4.69, 9.17) is 5.11 Å². The molecule has 0 aliphatic heterocycles. The van der Waals surface area contributed by atoms with Crippen molar-refractivity contribution in [1.82, 2.24) is 0 Å². The molecule has 0 aromatic carbocycles. The molecule has 0 saturated heterocycles. The molecule has 0 heterocycles. The third kappa shape index (κ3) is 3.06. The van der Waals surface area contributed by atoms with E-state index in [-0.39, 0.29) is 11.8 Å². The van der Waals surface area contributed by atoms with Gasteiger partial charge in [0.05, 0.1) is 6.42 Å². The fraction of sp³-hybridized carbons (Fsp3) is 0.917. The fourth-order valence-corrected chi connectivity index (χ4v) is 4.71. The molecule has 2 saturated carbocycles. The summed E-state index contributed by atoms with van der Waals surface area (Å²) in [6.07, 6.45) is 7.95. The maximum absolute atomic E-state index is 12.2. The number of carboxylic acid groups (broad SMARTS) is 1. The topological polar surface area (TPSA) is 54.4 Å². The predicted molar refractivity (Wildman–Crippen MR) is 63.8 cm³/mol. The summed E-state index contributed by atoms with van der Waals surface area (Å²) >= 11 is 0. The van der Waals surface area contributed by atoms with Gasteiger partial charge in [0, 0.05) is 21.8 Å². The van der Waals surface area contributed by atoms with Crippen molar-refractivity contribution in [3.8, 4) is 0 Å². The molecule has 2 rings (SSSR count). The average Bonchev–Trinajstić information content (AvgIpc) is 2.98. The van der Waals surface area contributed by atoms with Crippen LogP contribution >= 0.6 is 0 Å². The predicted octanol–water partition coefficient (Wildman–Crippen LogP) is 2.32. The molecule has 2 aliphatic carbocycles. The normalized spacial score (nSPS) is 26.2. The van der Waals surface area contributed by atoms with E-state index in [9.17, 15) is 9.00 Å². The van der Waals surface area contributed by atoms with E-state index in [2.05, 4.69) is 0 Å². The van der Waals surface area contributed by atoms with Crippen molar-refractivity contribution in [2.45, 2.75) is 56.6 Å². The molecule has 2 fully saturated rings. The smallest absolute Gasteiger partial charge is 0.303 e. The first kappa shape index (κ1) is 12.1. The summed E-state index contributed by atoms with van der Waals surface area (Å²) in [5.41, 5.74) is -0.103. The van der Waals surface area contributed by atoms with E-state index in [0.717, 1.165) is 25.7 Å². The highest BCUT2D eigenvalue weighted by Gasteiger charge is 2.46. The highest BCUT2D eigenvalue weighted by atomic mass is 32.2. The van der Waals surface area contributed by atoms with Gasteiger partial charge in [0.25, 0.3) is 0 Å². The van der Waals surface area contributed by atoms with Gasteiger partial charge in [-0.2, -0.15) is 0 Å². The molecule has 1 unspecified atom stereocenters. The van der Waals surface area contributed by atoms with Gasteiger partial charge in [0.1, 0.15) is 0 Å². The third-order valence-electron chi connectivity index (χ3n) is 3.86. The van der Waals surface area contributed by atoms with E-state index in [0.29, 0.717) is 11.0 Å². The Kier molecular flexibility index (Phi) is 3.67. The van der Waals surface area contributed by atoms with Gasteiger partial charge in [-0.05, 0) is 31.1 Å². The number of carboxylic acids is 1. The number of aliphatic carboxylic acids is 1. The molecule has 16 heavy (non-hydrogen) atoms. The van der Waals surface area contributed by atoms with E-state index < -0.39 is 16.8 Å². The van der Waals surface area contributed by atoms with Crippen LogP contribution in [0.3, 0.4) is 0 Å². The van der Waals surface area contributed by atoms with Crippen LogP contribution in [0.4, 0.5) is 0 Å². The maximum atomic E-state index is 12.2. The second-order valence-corrected chi connectivity index (χ2v) is 7.07. The Labute approximate surface area is 99.1 Å². The van der Waals surface area contributed by atoms with E-state index >= 15 is 0 Å². The van der Waals surface area contributed by atoms with Crippen molar-refractivity contribution in [2.75, 3.05) is 5.75 Å². The minimum atomic E-state index is -0.793. The summed E-state index contributed by atoms with van der Waals surface area (Å²) in [5.74, 6) is -0.109. The molecule has 1 atom stereocenters. The van der Waals surface area contributed by atoms with Crippen LogP contribution in [0.25, 0.3) is 0 Å². The van der Waals surface area contributed by atoms with E-state index in [1.54, 1.807) is 0 Å². The Morgan fingerprint density at radius 2 is 1.88 bits per heavy atom. The largest absolute Gasteiger partial charge is 0.481 e. The van der Waals surface area contributed by atoms with Gasteiger partial charge in [0.2, 0.25) is 0 Å². The number of rotatable bonds is 5. The van der Waals surface area contributed by atoms with Gasteiger partial charge in [-0.1, -0.05) is 19.3 Å². The van der Waals surface area contributed by atoms with Gasteiger partial charge in [0.15, 0.2) is 0 Å². The summed E-state index contributed by atoms with van der Waals surface area (Å²) in [6.45, 7) is 0. The molecule has 0 bridgehead atoms. The standard InChI is InChI=1S/C12H20O3S/c13-11(14)8-12(6-7-12)9-16(15)10-4-2-1-3-5-10/h10H,1-9H2,(H,13,14). The third-order valence-corrected chi connectivity index (χ3v) is 5.97. The number of carbonyl (C=O) groups is 1. The van der Waals surface area contributed by atoms with Crippen LogP contribution in [0.1, 0.15) is 51.4 Å². The molecule has 0 spiro atoms. The fourth-order valence-electron chi connectivity index (χ4n) is 2.62. The van der Waals surface area contributed by atoms with Gasteiger partial charge < -0.3 is 5.11 Å². The number of hydrogen-bond donors (Lipinski definition) is 1. The molecule has 92 valence electrons. The van der Waals surface area contributed by atoms with Crippen molar-refractivity contribution >= 4 is 16.8 Å². The molecule has 4 heteroatoms. The Morgan fingerprint density at radius 1 is 1.25 bits per heavy atom. The lowest BCUT2D eigenvalue weighted by Gasteiger charge is -2.23. The first-order valence-corrected chi connectivity index (χ1v) is 7.59. The van der Waals surface area contributed by atoms with Crippen LogP contribution in [0.5, 0.6) is 0 Å². The Morgan fingerprint density at radius 3 is 2.38 bits per heavy atom. The van der Waals surface area contributed by atoms with Crippen LogP contribution in [-0.4, -0.2) is 26.3 Å². The lowest BCUT2D eigenvalue weighted by atomic mass is 10.0. The molecule has 0 radical (unpaired) electrons. The lowest BCUT2D eigenvalue weighted by molar-refractivity contribution is -0.138. The van der Waals surface area contributed by atoms with Crippen molar-refractivity contribution < 1.29 is 14.1 Å². The Bertz CT molecular complexity index is 291. The van der Waals surface area contributed by atoms with Crippen LogP contribution in [-0.2, 0) is 15.6 Å². The zero-order valence-corrected chi connectivity index (χ0v) is 10.4. The highest BCUT2D eigenvalue weighted by molar-refractivity contribution is 7.85. The average molecular weight is 244 g/mol. The van der Waals surface area contributed by atoms with Crippen molar-refractivity contribution in [1.29, 1.82) is 0 Å². The van der Waals surface area contributed by atoms with Crippen LogP contribution in [0.15, 0.2) is 0 Å². The van der Waals surface area contributed by atoms with E-state index in [1.165, 1.54) is 19.3 Å². The second-order valence-electron chi connectivity index (χ2n) is 5.36. The zero-order chi connectivity index (χ0) is 11.6. The number of hydrogen-bond acceptors (Lipinski definition) is 2. The molecular formula is C12H20O3S. The summed E-state index contributed by atoms with van der Waals surface area (Å²) in [6, 6.07) is 0. The molecular weight excluding hydrogens is 224 g/mol. The van der Waals surface area contributed by atoms with Crippen LogP contribution < -0.4 is 0 Å². The maximum Gasteiger partial charge on any atom is 0.303 e. The first-order valence-electron chi connectivity index (χ1n) is 6.20. The molecule has 0 aromatic rings. The molecule has 1 N–H and O–H groups in total. The minimum absolute atomic E-state index is 0.103. The highest BCUT2D eigenvalue weighted by Crippen LogP contribution is 2.50. The molecule has 0 aromatic heterocycles. The first-order chi connectivity index (χ1) is 7.61. The second kappa shape index (κ2) is 4.86. The summed E-state index contributed by atoms with van der Waals surface area (Å²) < 4.78 is 12.2. The minimum Gasteiger partial charge on any atom is -0.481 e.